The Morgan fingerprint density at radius 3 is 2.71 bits per heavy atom. The number of hydrogen-bond donors (Lipinski definition) is 0. The number of benzene rings is 2. The second-order valence-electron chi connectivity index (χ2n) is 9.04. The lowest BCUT2D eigenvalue weighted by molar-refractivity contribution is 0.0612. The molecule has 5 heterocycles. The second-order valence-corrected chi connectivity index (χ2v) is 9.04. The number of rotatable bonds is 3. The fourth-order valence-corrected chi connectivity index (χ4v) is 5.16. The van der Waals surface area contributed by atoms with Crippen molar-refractivity contribution in [3.8, 4) is 5.69 Å². The van der Waals surface area contributed by atoms with Gasteiger partial charge in [-0.25, -0.2) is 14.4 Å². The Hall–Kier alpha value is -3.88. The molecule has 172 valence electrons. The Bertz CT molecular complexity index is 1370. The van der Waals surface area contributed by atoms with Crippen LogP contribution in [0.3, 0.4) is 0 Å². The van der Waals surface area contributed by atoms with E-state index in [0.29, 0.717) is 29.3 Å². The van der Waals surface area contributed by atoms with Gasteiger partial charge >= 0.3 is 0 Å². The van der Waals surface area contributed by atoms with Crippen LogP contribution in [0.1, 0.15) is 35.2 Å². The summed E-state index contributed by atoms with van der Waals surface area (Å²) in [5, 5.41) is 9.28. The number of piperidine rings is 1. The maximum atomic E-state index is 13.8. The highest BCUT2D eigenvalue weighted by Gasteiger charge is 2.39. The summed E-state index contributed by atoms with van der Waals surface area (Å²) >= 11 is 0. The number of aryl methyl sites for hydroxylation is 1. The number of carbonyl (C=O) groups is 1. The first-order chi connectivity index (χ1) is 16.6. The van der Waals surface area contributed by atoms with Crippen molar-refractivity contribution in [2.45, 2.75) is 38.3 Å². The van der Waals surface area contributed by atoms with Gasteiger partial charge in [0, 0.05) is 42.8 Å². The maximum absolute atomic E-state index is 13.8. The lowest BCUT2D eigenvalue weighted by Gasteiger charge is -2.38. The molecular formula is C25H24FN7O. The Morgan fingerprint density at radius 2 is 1.85 bits per heavy atom. The Kier molecular flexibility index (Phi) is 4.97. The highest BCUT2D eigenvalue weighted by atomic mass is 19.1. The van der Waals surface area contributed by atoms with Gasteiger partial charge < -0.3 is 9.80 Å². The van der Waals surface area contributed by atoms with Gasteiger partial charge in [0.15, 0.2) is 0 Å². The zero-order valence-corrected chi connectivity index (χ0v) is 18.8. The highest BCUT2D eigenvalue weighted by Crippen LogP contribution is 2.32. The van der Waals surface area contributed by atoms with E-state index in [0.717, 1.165) is 36.8 Å². The molecular weight excluding hydrogens is 433 g/mol. The third-order valence-corrected chi connectivity index (χ3v) is 6.89. The minimum absolute atomic E-state index is 0.00551. The predicted octanol–water partition coefficient (Wildman–Crippen LogP) is 3.54. The number of hydrogen-bond acceptors (Lipinski definition) is 6. The molecule has 0 aliphatic carbocycles. The van der Waals surface area contributed by atoms with Crippen LogP contribution in [0.15, 0.2) is 55.0 Å². The molecule has 2 atom stereocenters. The quantitative estimate of drug-likeness (QED) is 0.468. The van der Waals surface area contributed by atoms with Crippen molar-refractivity contribution in [1.82, 2.24) is 29.9 Å². The zero-order valence-electron chi connectivity index (χ0n) is 18.8. The summed E-state index contributed by atoms with van der Waals surface area (Å²) < 4.78 is 13.8. The molecule has 7 rings (SSSR count). The average Bonchev–Trinajstić information content (AvgIpc) is 3.23. The smallest absolute Gasteiger partial charge is 0.256 e. The average molecular weight is 458 g/mol. The third kappa shape index (κ3) is 3.57. The van der Waals surface area contributed by atoms with Gasteiger partial charge in [0.2, 0.25) is 5.95 Å². The minimum Gasteiger partial charge on any atom is -0.336 e. The van der Waals surface area contributed by atoms with Crippen molar-refractivity contribution in [3.05, 3.63) is 71.9 Å². The zero-order chi connectivity index (χ0) is 23.2. The van der Waals surface area contributed by atoms with E-state index in [-0.39, 0.29) is 23.8 Å². The van der Waals surface area contributed by atoms with Crippen molar-refractivity contribution < 1.29 is 9.18 Å². The number of halogens is 1. The van der Waals surface area contributed by atoms with E-state index in [2.05, 4.69) is 25.1 Å². The van der Waals surface area contributed by atoms with Crippen LogP contribution < -0.4 is 4.90 Å². The van der Waals surface area contributed by atoms with Crippen LogP contribution in [0, 0.1) is 12.7 Å². The molecule has 8 nitrogen and oxygen atoms in total. The largest absolute Gasteiger partial charge is 0.336 e. The van der Waals surface area contributed by atoms with Gasteiger partial charge in [0.1, 0.15) is 5.82 Å². The molecule has 3 fully saturated rings. The van der Waals surface area contributed by atoms with Crippen LogP contribution in [-0.4, -0.2) is 60.9 Å². The van der Waals surface area contributed by atoms with E-state index in [4.69, 9.17) is 0 Å². The van der Waals surface area contributed by atoms with Crippen LogP contribution in [0.4, 0.5) is 10.3 Å². The Balaban J connectivity index is 1.32. The van der Waals surface area contributed by atoms with Gasteiger partial charge in [0.25, 0.3) is 5.91 Å². The van der Waals surface area contributed by atoms with Gasteiger partial charge in [-0.1, -0.05) is 11.6 Å². The van der Waals surface area contributed by atoms with Gasteiger partial charge in [0.05, 0.1) is 29.2 Å². The first-order valence-electron chi connectivity index (χ1n) is 11.5. The highest BCUT2D eigenvalue weighted by molar-refractivity contribution is 5.98. The van der Waals surface area contributed by atoms with E-state index >= 15 is 0 Å². The van der Waals surface area contributed by atoms with Crippen molar-refractivity contribution in [2.75, 3.05) is 18.0 Å². The van der Waals surface area contributed by atoms with Gasteiger partial charge in [-0.05, 0) is 50.5 Å². The van der Waals surface area contributed by atoms with E-state index in [9.17, 15) is 9.18 Å². The Labute approximate surface area is 196 Å². The molecule has 0 N–H and O–H groups in total. The number of nitrogens with zero attached hydrogens (tertiary/aromatic N) is 7. The molecule has 3 aliphatic heterocycles. The van der Waals surface area contributed by atoms with Gasteiger partial charge in [-0.2, -0.15) is 15.0 Å². The molecule has 4 aromatic rings. The summed E-state index contributed by atoms with van der Waals surface area (Å²) in [5.41, 5.74) is 2.88. The standard InChI is InChI=1S/C25H24FN7O/c1-16-2-7-23(33-28-9-10-29-33)21(12-16)24(34)32-15-20-6-5-19(32)8-11-31(20)25-27-14-17-3-4-18(26)13-22(17)30-25/h2-4,7,9-10,12-14,19-20H,5-6,8,11,15H2,1H3/t19-,20-/m0/s1. The molecule has 0 unspecified atom stereocenters. The number of carbonyl (C=O) groups excluding carboxylic acids is 1. The predicted molar refractivity (Wildman–Crippen MR) is 125 cm³/mol. The maximum Gasteiger partial charge on any atom is 0.256 e. The molecule has 1 amide bonds. The normalized spacial score (nSPS) is 20.1. The number of fused-ring (bicyclic) bond motifs is 5. The molecule has 3 aliphatic rings. The first kappa shape index (κ1) is 20.7. The van der Waals surface area contributed by atoms with Crippen molar-refractivity contribution in [3.63, 3.8) is 0 Å². The van der Waals surface area contributed by atoms with E-state index in [1.807, 2.05) is 30.0 Å². The Morgan fingerprint density at radius 1 is 1.03 bits per heavy atom. The first-order valence-corrected chi connectivity index (χ1v) is 11.5. The number of amides is 1. The lowest BCUT2D eigenvalue weighted by atomic mass is 9.97. The second kappa shape index (κ2) is 8.16. The fraction of sp³-hybridized carbons (Fsp3) is 0.320. The topological polar surface area (TPSA) is 80.0 Å². The van der Waals surface area contributed by atoms with E-state index in [1.54, 1.807) is 24.7 Å². The molecule has 0 radical (unpaired) electrons. The van der Waals surface area contributed by atoms with Crippen molar-refractivity contribution in [2.24, 2.45) is 0 Å². The molecule has 2 aromatic carbocycles. The molecule has 2 bridgehead atoms. The molecule has 34 heavy (non-hydrogen) atoms. The summed E-state index contributed by atoms with van der Waals surface area (Å²) in [6, 6.07) is 10.6. The monoisotopic (exact) mass is 457 g/mol. The van der Waals surface area contributed by atoms with Gasteiger partial charge in [-0.3, -0.25) is 4.79 Å². The summed E-state index contributed by atoms with van der Waals surface area (Å²) in [4.78, 5) is 28.7. The van der Waals surface area contributed by atoms with Crippen molar-refractivity contribution >= 4 is 22.8 Å². The van der Waals surface area contributed by atoms with Crippen LogP contribution in [-0.2, 0) is 0 Å². The minimum atomic E-state index is -0.314. The van der Waals surface area contributed by atoms with E-state index in [1.165, 1.54) is 16.9 Å². The van der Waals surface area contributed by atoms with Crippen LogP contribution in [0.2, 0.25) is 0 Å². The summed E-state index contributed by atoms with van der Waals surface area (Å²) in [6.07, 6.45) is 7.67. The van der Waals surface area contributed by atoms with Crippen molar-refractivity contribution in [1.29, 1.82) is 0 Å². The summed E-state index contributed by atoms with van der Waals surface area (Å²) in [7, 11) is 0. The molecule has 0 spiro atoms. The molecule has 2 aromatic heterocycles. The molecule has 3 saturated heterocycles. The van der Waals surface area contributed by atoms with E-state index < -0.39 is 0 Å². The summed E-state index contributed by atoms with van der Waals surface area (Å²) in [6.45, 7) is 3.32. The molecule has 0 saturated carbocycles. The van der Waals surface area contributed by atoms with Crippen LogP contribution in [0.5, 0.6) is 0 Å². The SMILES string of the molecule is Cc1ccc(-n2nccn2)c(C(=O)N2C[C@@H]3CC[C@H]2CCN3c2ncc3ccc(F)cc3n2)c1. The lowest BCUT2D eigenvalue weighted by Crippen LogP contribution is -2.50. The van der Waals surface area contributed by atoms with Crippen LogP contribution in [0.25, 0.3) is 16.6 Å². The fourth-order valence-electron chi connectivity index (χ4n) is 5.16. The van der Waals surface area contributed by atoms with Gasteiger partial charge in [-0.15, -0.1) is 0 Å². The third-order valence-electron chi connectivity index (χ3n) is 6.89. The summed E-state index contributed by atoms with van der Waals surface area (Å²) in [5.74, 6) is 0.274. The number of aromatic nitrogens is 5. The number of anilines is 1. The molecule has 9 heteroatoms. The van der Waals surface area contributed by atoms with Crippen LogP contribution >= 0.6 is 0 Å².